The number of benzene rings is 4. The molecular weight excluding hydrogens is 707 g/mol. The third-order valence-electron chi connectivity index (χ3n) is 9.27. The number of ketones is 1. The van der Waals surface area contributed by atoms with Gasteiger partial charge in [-0.2, -0.15) is 0 Å². The first-order valence-electron chi connectivity index (χ1n) is 14.8. The maximum atomic E-state index is 14.1. The predicted octanol–water partition coefficient (Wildman–Crippen LogP) is 6.41. The van der Waals surface area contributed by atoms with Gasteiger partial charge in [-0.1, -0.05) is 76.6 Å². The molecule has 236 valence electrons. The number of likely N-dealkylation sites (tertiary alicyclic amines) is 1. The molecule has 0 aromatic heterocycles. The first-order valence-corrected chi connectivity index (χ1v) is 16.3. The number of nitrogens with one attached hydrogen (secondary N) is 1. The third kappa shape index (κ3) is 4.66. The van der Waals surface area contributed by atoms with Crippen LogP contribution in [0.2, 0.25) is 0 Å². The average Bonchev–Trinajstić information content (AvgIpc) is 3.36. The summed E-state index contributed by atoms with van der Waals surface area (Å²) >= 11 is 18.2. The number of ether oxygens (including phenoxy) is 1. The van der Waals surface area contributed by atoms with E-state index < -0.39 is 57.9 Å². The van der Waals surface area contributed by atoms with Crippen molar-refractivity contribution in [3.8, 4) is 0 Å². The van der Waals surface area contributed by atoms with E-state index in [0.717, 1.165) is 9.37 Å². The summed E-state index contributed by atoms with van der Waals surface area (Å²) in [7, 11) is 0. The normalized spacial score (nSPS) is 24.2. The fourth-order valence-corrected chi connectivity index (χ4v) is 8.42. The molecule has 0 spiro atoms. The molecular formula is C36H25BrCl2N2O6. The smallest absolute Gasteiger partial charge is 0.338 e. The van der Waals surface area contributed by atoms with Crippen LogP contribution in [-0.4, -0.2) is 47.0 Å². The van der Waals surface area contributed by atoms with Crippen molar-refractivity contribution in [1.29, 1.82) is 0 Å². The fraction of sp³-hybridized carbons (Fsp3) is 0.194. The Bertz CT molecular complexity index is 1880. The van der Waals surface area contributed by atoms with Gasteiger partial charge in [-0.05, 0) is 65.6 Å². The van der Waals surface area contributed by atoms with Gasteiger partial charge in [0.2, 0.25) is 17.7 Å². The zero-order valence-electron chi connectivity index (χ0n) is 24.7. The van der Waals surface area contributed by atoms with E-state index in [2.05, 4.69) is 21.2 Å². The Kier molecular flexibility index (Phi) is 7.62. The summed E-state index contributed by atoms with van der Waals surface area (Å²) in [6, 6.07) is 26.0. The molecule has 0 radical (unpaired) electrons. The number of carbonyl (C=O) groups excluding carboxylic acids is 5. The van der Waals surface area contributed by atoms with Crippen LogP contribution in [0.5, 0.6) is 0 Å². The molecule has 1 fully saturated rings. The number of hydrogen-bond donors (Lipinski definition) is 1. The van der Waals surface area contributed by atoms with Crippen molar-refractivity contribution in [3.63, 3.8) is 0 Å². The summed E-state index contributed by atoms with van der Waals surface area (Å²) in [6.45, 7) is 1.04. The monoisotopic (exact) mass is 730 g/mol. The Hall–Kier alpha value is -4.31. The van der Waals surface area contributed by atoms with E-state index >= 15 is 0 Å². The summed E-state index contributed by atoms with van der Waals surface area (Å²) in [5.41, 5.74) is 3.60. The van der Waals surface area contributed by atoms with Crippen LogP contribution in [0.3, 0.4) is 0 Å². The van der Waals surface area contributed by atoms with Crippen LogP contribution in [0.25, 0.3) is 0 Å². The van der Waals surface area contributed by atoms with Crippen LogP contribution in [0.15, 0.2) is 102 Å². The lowest BCUT2D eigenvalue weighted by Gasteiger charge is -2.54. The molecule has 2 bridgehead atoms. The van der Waals surface area contributed by atoms with Gasteiger partial charge >= 0.3 is 5.97 Å². The third-order valence-corrected chi connectivity index (χ3v) is 11.1. The summed E-state index contributed by atoms with van der Waals surface area (Å²) in [5, 5.41) is 2.71. The first kappa shape index (κ1) is 31.3. The number of anilines is 1. The Labute approximate surface area is 288 Å². The van der Waals surface area contributed by atoms with Crippen LogP contribution < -0.4 is 5.32 Å². The Balaban J connectivity index is 1.07. The number of amides is 3. The highest BCUT2D eigenvalue weighted by Gasteiger charge is 2.73. The van der Waals surface area contributed by atoms with E-state index in [9.17, 15) is 24.0 Å². The lowest BCUT2D eigenvalue weighted by atomic mass is 9.54. The van der Waals surface area contributed by atoms with E-state index in [-0.39, 0.29) is 11.3 Å². The molecule has 0 saturated carbocycles. The lowest BCUT2D eigenvalue weighted by Crippen LogP contribution is -2.57. The maximum Gasteiger partial charge on any atom is 0.338 e. The van der Waals surface area contributed by atoms with Crippen molar-refractivity contribution in [3.05, 3.63) is 135 Å². The van der Waals surface area contributed by atoms with E-state index in [4.69, 9.17) is 27.9 Å². The van der Waals surface area contributed by atoms with Gasteiger partial charge in [0.15, 0.2) is 12.4 Å². The molecule has 8 rings (SSSR count). The number of Topliss-reactive ketones (excluding diaryl/α,β-unsaturated/α-hetero) is 1. The lowest BCUT2D eigenvalue weighted by molar-refractivity contribution is -0.146. The minimum Gasteiger partial charge on any atom is -0.454 e. The summed E-state index contributed by atoms with van der Waals surface area (Å²) in [4.78, 5) is 64.9. The molecule has 3 aliphatic carbocycles. The molecule has 3 atom stereocenters. The molecule has 4 aromatic rings. The van der Waals surface area contributed by atoms with Gasteiger partial charge in [0.1, 0.15) is 15.8 Å². The number of carbonyl (C=O) groups is 5. The van der Waals surface area contributed by atoms with Gasteiger partial charge in [-0.3, -0.25) is 24.1 Å². The van der Waals surface area contributed by atoms with Crippen molar-refractivity contribution in [2.24, 2.45) is 11.8 Å². The van der Waals surface area contributed by atoms with Crippen LogP contribution in [0, 0.1) is 11.8 Å². The van der Waals surface area contributed by atoms with Crippen molar-refractivity contribution >= 4 is 74.3 Å². The fourth-order valence-electron chi connectivity index (χ4n) is 7.06. The standard InChI is InChI=1S/C36H25BrCl2N2O6/c1-19(31(43)40-23-16-12-21(13-17-23)34(46)47-18-28(42)20-10-14-22(37)15-11-20)41-32(44)29-30(33(41)45)36(39)25-7-3-2-6-24(25)35(29,38)26-8-4-5-9-27(26)36/h2-17,19,29-30H,18H2,1H3,(H,40,43)/t19-,29-,30-,35?,36?/m1/s1. The number of imide groups is 1. The Morgan fingerprint density at radius 3 is 1.68 bits per heavy atom. The average molecular weight is 732 g/mol. The molecule has 11 heteroatoms. The van der Waals surface area contributed by atoms with Crippen molar-refractivity contribution < 1.29 is 28.7 Å². The minimum absolute atomic E-state index is 0.169. The SMILES string of the molecule is C[C@H](C(=O)Nc1ccc(C(=O)OCC(=O)c2ccc(Br)cc2)cc1)N1C(=O)[C@H]2[C@H](C1=O)C1(Cl)c3ccccc3C2(Cl)c2ccccc21. The van der Waals surface area contributed by atoms with Gasteiger partial charge in [-0.15, -0.1) is 23.2 Å². The second kappa shape index (κ2) is 11.4. The van der Waals surface area contributed by atoms with Gasteiger partial charge in [-0.25, -0.2) is 4.79 Å². The second-order valence-corrected chi connectivity index (χ2v) is 13.9. The molecule has 3 amide bonds. The number of alkyl halides is 2. The van der Waals surface area contributed by atoms with Crippen molar-refractivity contribution in [2.75, 3.05) is 11.9 Å². The molecule has 1 heterocycles. The van der Waals surface area contributed by atoms with E-state index in [1.165, 1.54) is 31.2 Å². The highest BCUT2D eigenvalue weighted by molar-refractivity contribution is 9.10. The predicted molar refractivity (Wildman–Crippen MR) is 178 cm³/mol. The molecule has 1 aliphatic heterocycles. The Morgan fingerprint density at radius 2 is 1.21 bits per heavy atom. The van der Waals surface area contributed by atoms with Crippen LogP contribution in [-0.2, 0) is 28.9 Å². The van der Waals surface area contributed by atoms with Crippen molar-refractivity contribution in [2.45, 2.75) is 22.7 Å². The zero-order chi connectivity index (χ0) is 33.2. The van der Waals surface area contributed by atoms with E-state index in [0.29, 0.717) is 33.5 Å². The van der Waals surface area contributed by atoms with Gasteiger partial charge in [0.05, 0.1) is 17.4 Å². The summed E-state index contributed by atoms with van der Waals surface area (Å²) in [6.07, 6.45) is 0. The number of hydrogen-bond acceptors (Lipinski definition) is 6. The number of halogens is 3. The quantitative estimate of drug-likeness (QED) is 0.102. The number of esters is 1. The number of nitrogens with zero attached hydrogens (tertiary/aromatic N) is 1. The number of rotatable bonds is 7. The van der Waals surface area contributed by atoms with Gasteiger partial charge < -0.3 is 10.1 Å². The molecule has 1 saturated heterocycles. The molecule has 1 N–H and O–H groups in total. The summed E-state index contributed by atoms with van der Waals surface area (Å²) in [5.74, 6) is -4.85. The molecule has 4 aromatic carbocycles. The van der Waals surface area contributed by atoms with E-state index in [1.54, 1.807) is 24.3 Å². The largest absolute Gasteiger partial charge is 0.454 e. The van der Waals surface area contributed by atoms with E-state index in [1.807, 2.05) is 48.5 Å². The first-order chi connectivity index (χ1) is 22.5. The van der Waals surface area contributed by atoms with Crippen molar-refractivity contribution in [1.82, 2.24) is 4.90 Å². The second-order valence-electron chi connectivity index (χ2n) is 11.8. The molecule has 8 nitrogen and oxygen atoms in total. The summed E-state index contributed by atoms with van der Waals surface area (Å²) < 4.78 is 5.99. The molecule has 0 unspecified atom stereocenters. The highest BCUT2D eigenvalue weighted by atomic mass is 79.9. The van der Waals surface area contributed by atoms with Gasteiger partial charge in [0, 0.05) is 15.7 Å². The maximum absolute atomic E-state index is 14.1. The highest BCUT2D eigenvalue weighted by Crippen LogP contribution is 2.69. The Morgan fingerprint density at radius 1 is 0.766 bits per heavy atom. The van der Waals surface area contributed by atoms with Crippen LogP contribution in [0.1, 0.15) is 49.9 Å². The van der Waals surface area contributed by atoms with Crippen LogP contribution in [0.4, 0.5) is 5.69 Å². The van der Waals surface area contributed by atoms with Gasteiger partial charge in [0.25, 0.3) is 0 Å². The molecule has 47 heavy (non-hydrogen) atoms. The topological polar surface area (TPSA) is 110 Å². The zero-order valence-corrected chi connectivity index (χ0v) is 27.8. The minimum atomic E-state index is -1.35. The molecule has 4 aliphatic rings. The van der Waals surface area contributed by atoms with Crippen LogP contribution >= 0.6 is 39.1 Å².